The van der Waals surface area contributed by atoms with Crippen LogP contribution in [-0.2, 0) is 19.1 Å². The van der Waals surface area contributed by atoms with Crippen molar-refractivity contribution in [3.05, 3.63) is 24.3 Å². The Hall–Kier alpha value is -0.560. The van der Waals surface area contributed by atoms with Gasteiger partial charge in [0.2, 0.25) is 0 Å². The van der Waals surface area contributed by atoms with E-state index < -0.39 is 0 Å². The van der Waals surface area contributed by atoms with Crippen molar-refractivity contribution < 1.29 is 19.1 Å². The van der Waals surface area contributed by atoms with Gasteiger partial charge in [-0.2, -0.15) is 0 Å². The third kappa shape index (κ3) is 9.47. The first-order chi connectivity index (χ1) is 19.1. The molecular formula is C34H58O4S2. The average molecular weight is 595 g/mol. The molecule has 8 unspecified atom stereocenters. The Morgan fingerprint density at radius 2 is 1.10 bits per heavy atom. The smallest absolute Gasteiger partial charge is 0.150 e. The lowest BCUT2D eigenvalue weighted by Gasteiger charge is -2.42. The molecule has 0 amide bonds. The van der Waals surface area contributed by atoms with E-state index in [2.05, 4.69) is 79.7 Å². The van der Waals surface area contributed by atoms with E-state index in [4.69, 9.17) is 9.47 Å². The number of carbonyl (C=O) groups excluding carboxylic acids is 2. The van der Waals surface area contributed by atoms with Crippen LogP contribution in [0.4, 0.5) is 0 Å². The van der Waals surface area contributed by atoms with E-state index in [-0.39, 0.29) is 33.2 Å². The van der Waals surface area contributed by atoms with Gasteiger partial charge in [0.1, 0.15) is 11.6 Å². The van der Waals surface area contributed by atoms with Gasteiger partial charge in [-0.15, -0.1) is 23.5 Å². The molecule has 2 aliphatic rings. The summed E-state index contributed by atoms with van der Waals surface area (Å²) in [7, 11) is 0. The van der Waals surface area contributed by atoms with Crippen LogP contribution in [-0.4, -0.2) is 60.0 Å². The van der Waals surface area contributed by atoms with Crippen molar-refractivity contribution in [2.45, 2.75) is 104 Å². The Kier molecular flexibility index (Phi) is 15.6. The van der Waals surface area contributed by atoms with Crippen molar-refractivity contribution in [1.82, 2.24) is 0 Å². The fourth-order valence-corrected chi connectivity index (χ4v) is 8.90. The molecule has 2 aliphatic carbocycles. The van der Waals surface area contributed by atoms with Gasteiger partial charge in [0.25, 0.3) is 0 Å². The average Bonchev–Trinajstić information content (AvgIpc) is 2.93. The molecule has 0 fully saturated rings. The molecule has 0 aromatic carbocycles. The summed E-state index contributed by atoms with van der Waals surface area (Å²) in [4.78, 5) is 27.0. The summed E-state index contributed by atoms with van der Waals surface area (Å²) in [5.74, 6) is 3.32. The topological polar surface area (TPSA) is 52.6 Å². The Balaban J connectivity index is 1.64. The van der Waals surface area contributed by atoms with E-state index in [0.29, 0.717) is 49.8 Å². The number of Topliss-reactive ketones (excluding diaryl/α,β-unsaturated/α-hetero) is 2. The zero-order valence-electron chi connectivity index (χ0n) is 26.7. The van der Waals surface area contributed by atoms with Crippen LogP contribution in [0.15, 0.2) is 24.3 Å². The second-order valence-electron chi connectivity index (χ2n) is 12.5. The lowest BCUT2D eigenvalue weighted by molar-refractivity contribution is -0.129. The number of ketones is 2. The van der Waals surface area contributed by atoms with Crippen LogP contribution in [0.25, 0.3) is 0 Å². The number of rotatable bonds is 19. The van der Waals surface area contributed by atoms with Gasteiger partial charge in [-0.1, -0.05) is 79.7 Å². The first kappa shape index (κ1) is 35.6. The van der Waals surface area contributed by atoms with Crippen molar-refractivity contribution >= 4 is 35.1 Å². The molecule has 2 rings (SSSR count). The molecule has 4 nitrogen and oxygen atoms in total. The third-order valence-electron chi connectivity index (χ3n) is 9.67. The molecule has 0 saturated heterocycles. The van der Waals surface area contributed by atoms with Gasteiger partial charge in [0.05, 0.1) is 36.9 Å². The molecule has 0 spiro atoms. The number of allylic oxidation sites excluding steroid dienone is 4. The normalized spacial score (nSPS) is 31.7. The number of thioether (sulfide) groups is 2. The maximum Gasteiger partial charge on any atom is 0.150 e. The maximum atomic E-state index is 13.5. The van der Waals surface area contributed by atoms with Gasteiger partial charge < -0.3 is 9.47 Å². The predicted octanol–water partition coefficient (Wildman–Crippen LogP) is 8.44. The number of hydrogen-bond acceptors (Lipinski definition) is 6. The molecule has 8 atom stereocenters. The van der Waals surface area contributed by atoms with Gasteiger partial charge in [-0.3, -0.25) is 9.59 Å². The van der Waals surface area contributed by atoms with E-state index in [1.807, 2.05) is 0 Å². The van der Waals surface area contributed by atoms with Gasteiger partial charge in [-0.25, -0.2) is 0 Å². The second kappa shape index (κ2) is 17.5. The van der Waals surface area contributed by atoms with Crippen molar-refractivity contribution in [1.29, 1.82) is 0 Å². The molecule has 6 heteroatoms. The summed E-state index contributed by atoms with van der Waals surface area (Å²) in [6.07, 6.45) is 14.8. The van der Waals surface area contributed by atoms with E-state index in [0.717, 1.165) is 50.0 Å². The quantitative estimate of drug-likeness (QED) is 0.110. The molecule has 0 aromatic heterocycles. The van der Waals surface area contributed by atoms with E-state index in [1.54, 1.807) is 23.5 Å². The Labute approximate surface area is 254 Å². The highest BCUT2D eigenvalue weighted by Gasteiger charge is 2.44. The Bertz CT molecular complexity index is 774. The molecule has 0 saturated carbocycles. The number of ether oxygens (including phenoxy) is 2. The third-order valence-corrected chi connectivity index (χ3v) is 12.4. The summed E-state index contributed by atoms with van der Waals surface area (Å²) in [5.41, 5.74) is 0.134. The summed E-state index contributed by atoms with van der Waals surface area (Å²) in [5, 5.41) is 0.0810. The largest absolute Gasteiger partial charge is 0.378 e. The fraction of sp³-hybridized carbons (Fsp3) is 0.824. The molecule has 0 aliphatic heterocycles. The minimum atomic E-state index is 0.0405. The molecule has 0 aromatic rings. The highest BCUT2D eigenvalue weighted by Crippen LogP contribution is 2.46. The Morgan fingerprint density at radius 1 is 0.725 bits per heavy atom. The van der Waals surface area contributed by atoms with Crippen molar-refractivity contribution in [3.63, 3.8) is 0 Å². The van der Waals surface area contributed by atoms with Crippen LogP contribution in [0, 0.1) is 34.5 Å². The SMILES string of the molecule is CCC(SCCOCCOCCSC(CC)C(=O)C1C(C)C=CCC1(C)CC)C(=O)C1C(C)C=CCC1(C)CC. The number of hydrogen-bond donors (Lipinski definition) is 0. The standard InChI is InChI=1S/C34H58O4S2/c1-9-27(31(35)29-25(5)15-13-17-33(29,7)11-3)39-23-21-37-19-20-38-22-24-40-28(10-2)32(36)30-26(6)16-14-18-34(30,8)12-4/h13-16,25-30H,9-12,17-24H2,1-8H3. The Morgan fingerprint density at radius 3 is 1.43 bits per heavy atom. The van der Waals surface area contributed by atoms with Gasteiger partial charge in [0.15, 0.2) is 0 Å². The molecule has 0 heterocycles. The van der Waals surface area contributed by atoms with Crippen LogP contribution < -0.4 is 0 Å². The summed E-state index contributed by atoms with van der Waals surface area (Å²) >= 11 is 3.50. The highest BCUT2D eigenvalue weighted by molar-refractivity contribution is 8.00. The monoisotopic (exact) mass is 594 g/mol. The minimum Gasteiger partial charge on any atom is -0.378 e. The van der Waals surface area contributed by atoms with Crippen LogP contribution in [0.3, 0.4) is 0 Å². The predicted molar refractivity (Wildman–Crippen MR) is 174 cm³/mol. The van der Waals surface area contributed by atoms with Crippen LogP contribution in [0.2, 0.25) is 0 Å². The van der Waals surface area contributed by atoms with Gasteiger partial charge in [0, 0.05) is 23.3 Å². The molecule has 230 valence electrons. The van der Waals surface area contributed by atoms with Gasteiger partial charge in [-0.05, 0) is 61.2 Å². The van der Waals surface area contributed by atoms with Crippen LogP contribution in [0.1, 0.15) is 93.9 Å². The first-order valence-corrected chi connectivity index (χ1v) is 18.0. The zero-order chi connectivity index (χ0) is 29.8. The molecule has 0 radical (unpaired) electrons. The highest BCUT2D eigenvalue weighted by atomic mass is 32.2. The summed E-state index contributed by atoms with van der Waals surface area (Å²) < 4.78 is 11.6. The molecule has 40 heavy (non-hydrogen) atoms. The molecular weight excluding hydrogens is 537 g/mol. The van der Waals surface area contributed by atoms with Crippen molar-refractivity contribution in [3.8, 4) is 0 Å². The van der Waals surface area contributed by atoms with Crippen molar-refractivity contribution in [2.24, 2.45) is 34.5 Å². The minimum absolute atomic E-state index is 0.0405. The summed E-state index contributed by atoms with van der Waals surface area (Å²) in [6, 6.07) is 0. The summed E-state index contributed by atoms with van der Waals surface area (Å²) in [6.45, 7) is 20.0. The molecule has 0 N–H and O–H groups in total. The van der Waals surface area contributed by atoms with E-state index >= 15 is 0 Å². The van der Waals surface area contributed by atoms with E-state index in [9.17, 15) is 9.59 Å². The van der Waals surface area contributed by atoms with Crippen molar-refractivity contribution in [2.75, 3.05) is 37.9 Å². The maximum absolute atomic E-state index is 13.5. The first-order valence-electron chi connectivity index (χ1n) is 15.9. The van der Waals surface area contributed by atoms with Crippen LogP contribution in [0.5, 0.6) is 0 Å². The van der Waals surface area contributed by atoms with E-state index in [1.165, 1.54) is 0 Å². The second-order valence-corrected chi connectivity index (χ2v) is 15.1. The lowest BCUT2D eigenvalue weighted by Crippen LogP contribution is -2.42. The number of carbonyl (C=O) groups is 2. The lowest BCUT2D eigenvalue weighted by atomic mass is 9.62. The molecule has 0 bridgehead atoms. The van der Waals surface area contributed by atoms with Gasteiger partial charge >= 0.3 is 0 Å². The fourth-order valence-electron chi connectivity index (χ4n) is 6.81. The van der Waals surface area contributed by atoms with Crippen LogP contribution >= 0.6 is 23.5 Å². The zero-order valence-corrected chi connectivity index (χ0v) is 28.3.